The molecule has 13 heavy (non-hydrogen) atoms. The smallest absolute Gasteiger partial charge is 0.158 e. The van der Waals surface area contributed by atoms with Crippen molar-refractivity contribution in [3.63, 3.8) is 0 Å². The second-order valence-electron chi connectivity index (χ2n) is 3.76. The summed E-state index contributed by atoms with van der Waals surface area (Å²) < 4.78 is 18.7. The molecule has 1 aliphatic carbocycles. The normalized spacial score (nSPS) is 23.1. The molecule has 0 aromatic carbocycles. The van der Waals surface area contributed by atoms with Crippen LogP contribution in [-0.4, -0.2) is 11.6 Å². The maximum atomic E-state index is 13.3. The van der Waals surface area contributed by atoms with Crippen LogP contribution in [0.25, 0.3) is 0 Å². The predicted molar refractivity (Wildman–Crippen MR) is 50.7 cm³/mol. The predicted octanol–water partition coefficient (Wildman–Crippen LogP) is 2.27. The SMILES string of the molecule is C=C/C(OC1(C)CC1)=C(/F)C(C)N. The zero-order valence-corrected chi connectivity index (χ0v) is 8.14. The van der Waals surface area contributed by atoms with Crippen LogP contribution in [0.3, 0.4) is 0 Å². The quantitative estimate of drug-likeness (QED) is 0.538. The van der Waals surface area contributed by atoms with Crippen molar-refractivity contribution in [3.05, 3.63) is 24.2 Å². The van der Waals surface area contributed by atoms with Gasteiger partial charge in [0.25, 0.3) is 0 Å². The fourth-order valence-corrected chi connectivity index (χ4v) is 0.956. The van der Waals surface area contributed by atoms with Gasteiger partial charge in [-0.15, -0.1) is 0 Å². The molecule has 1 unspecified atom stereocenters. The van der Waals surface area contributed by atoms with Gasteiger partial charge < -0.3 is 10.5 Å². The molecule has 2 nitrogen and oxygen atoms in total. The summed E-state index contributed by atoms with van der Waals surface area (Å²) in [4.78, 5) is 0. The van der Waals surface area contributed by atoms with E-state index in [1.54, 1.807) is 6.92 Å². The minimum absolute atomic E-state index is 0.185. The topological polar surface area (TPSA) is 35.2 Å². The van der Waals surface area contributed by atoms with E-state index in [-0.39, 0.29) is 11.4 Å². The van der Waals surface area contributed by atoms with Gasteiger partial charge in [0.2, 0.25) is 0 Å². The van der Waals surface area contributed by atoms with Crippen LogP contribution in [0.2, 0.25) is 0 Å². The van der Waals surface area contributed by atoms with Crippen LogP contribution >= 0.6 is 0 Å². The van der Waals surface area contributed by atoms with Crippen LogP contribution < -0.4 is 5.73 Å². The van der Waals surface area contributed by atoms with Crippen LogP contribution in [0.1, 0.15) is 26.7 Å². The molecule has 1 aliphatic rings. The van der Waals surface area contributed by atoms with Crippen LogP contribution in [0.5, 0.6) is 0 Å². The summed E-state index contributed by atoms with van der Waals surface area (Å²) in [5, 5.41) is 0. The van der Waals surface area contributed by atoms with Crippen LogP contribution in [0.4, 0.5) is 4.39 Å². The number of halogens is 1. The zero-order chi connectivity index (χ0) is 10.1. The highest BCUT2D eigenvalue weighted by molar-refractivity contribution is 5.18. The zero-order valence-electron chi connectivity index (χ0n) is 8.14. The van der Waals surface area contributed by atoms with Gasteiger partial charge in [0.15, 0.2) is 11.6 Å². The summed E-state index contributed by atoms with van der Waals surface area (Å²) >= 11 is 0. The van der Waals surface area contributed by atoms with Gasteiger partial charge >= 0.3 is 0 Å². The van der Waals surface area contributed by atoms with E-state index in [9.17, 15) is 4.39 Å². The van der Waals surface area contributed by atoms with Crippen molar-refractivity contribution in [1.82, 2.24) is 0 Å². The third kappa shape index (κ3) is 2.56. The molecule has 0 heterocycles. The van der Waals surface area contributed by atoms with E-state index in [0.29, 0.717) is 0 Å². The molecule has 1 atom stereocenters. The average molecular weight is 185 g/mol. The molecule has 1 fully saturated rings. The monoisotopic (exact) mass is 185 g/mol. The Labute approximate surface area is 78.3 Å². The van der Waals surface area contributed by atoms with Gasteiger partial charge in [0.05, 0.1) is 6.04 Å². The van der Waals surface area contributed by atoms with E-state index >= 15 is 0 Å². The molecular weight excluding hydrogens is 169 g/mol. The summed E-state index contributed by atoms with van der Waals surface area (Å²) in [6.45, 7) is 7.03. The summed E-state index contributed by atoms with van der Waals surface area (Å²) in [7, 11) is 0. The molecule has 1 saturated carbocycles. The van der Waals surface area contributed by atoms with Crippen molar-refractivity contribution in [2.45, 2.75) is 38.3 Å². The number of rotatable bonds is 4. The Morgan fingerprint density at radius 3 is 2.54 bits per heavy atom. The van der Waals surface area contributed by atoms with Gasteiger partial charge in [-0.25, -0.2) is 4.39 Å². The Balaban J connectivity index is 2.71. The Morgan fingerprint density at radius 1 is 1.69 bits per heavy atom. The first kappa shape index (κ1) is 10.3. The molecule has 0 amide bonds. The fraction of sp³-hybridized carbons (Fsp3) is 0.600. The van der Waals surface area contributed by atoms with Gasteiger partial charge in [-0.2, -0.15) is 0 Å². The fourth-order valence-electron chi connectivity index (χ4n) is 0.956. The highest BCUT2D eigenvalue weighted by atomic mass is 19.1. The van der Waals surface area contributed by atoms with Crippen molar-refractivity contribution in [3.8, 4) is 0 Å². The van der Waals surface area contributed by atoms with E-state index in [1.807, 2.05) is 6.92 Å². The maximum Gasteiger partial charge on any atom is 0.158 e. The molecule has 3 heteroatoms. The molecule has 74 valence electrons. The molecular formula is C10H16FNO. The lowest BCUT2D eigenvalue weighted by molar-refractivity contribution is 0.112. The van der Waals surface area contributed by atoms with E-state index in [1.165, 1.54) is 6.08 Å². The van der Waals surface area contributed by atoms with Crippen molar-refractivity contribution >= 4 is 0 Å². The molecule has 2 N–H and O–H groups in total. The molecule has 0 aliphatic heterocycles. The highest BCUT2D eigenvalue weighted by Gasteiger charge is 2.40. The Bertz CT molecular complexity index is 241. The van der Waals surface area contributed by atoms with Gasteiger partial charge in [-0.3, -0.25) is 0 Å². The highest BCUT2D eigenvalue weighted by Crippen LogP contribution is 2.41. The minimum Gasteiger partial charge on any atom is -0.485 e. The average Bonchev–Trinajstić information content (AvgIpc) is 2.79. The first-order chi connectivity index (χ1) is 5.98. The standard InChI is InChI=1S/C10H16FNO/c1-4-8(9(11)7(2)12)13-10(3)5-6-10/h4,7H,1,5-6,12H2,2-3H3/b9-8-. The largest absolute Gasteiger partial charge is 0.485 e. The van der Waals surface area contributed by atoms with E-state index < -0.39 is 11.9 Å². The number of nitrogens with two attached hydrogens (primary N) is 1. The van der Waals surface area contributed by atoms with Gasteiger partial charge in [-0.1, -0.05) is 6.58 Å². The lowest BCUT2D eigenvalue weighted by Crippen LogP contribution is -2.19. The van der Waals surface area contributed by atoms with Crippen LogP contribution in [0.15, 0.2) is 24.2 Å². The second kappa shape index (κ2) is 3.50. The Morgan fingerprint density at radius 2 is 2.23 bits per heavy atom. The third-order valence-electron chi connectivity index (χ3n) is 2.13. The summed E-state index contributed by atoms with van der Waals surface area (Å²) in [6.07, 6.45) is 3.31. The van der Waals surface area contributed by atoms with E-state index in [4.69, 9.17) is 10.5 Å². The molecule has 0 aromatic heterocycles. The first-order valence-electron chi connectivity index (χ1n) is 4.45. The number of hydrogen-bond donors (Lipinski definition) is 1. The number of ether oxygens (including phenoxy) is 1. The molecule has 1 rings (SSSR count). The summed E-state index contributed by atoms with van der Waals surface area (Å²) in [5.74, 6) is -0.238. The summed E-state index contributed by atoms with van der Waals surface area (Å²) in [6, 6.07) is -0.629. The van der Waals surface area contributed by atoms with Crippen molar-refractivity contribution < 1.29 is 9.13 Å². The van der Waals surface area contributed by atoms with Crippen molar-refractivity contribution in [2.24, 2.45) is 5.73 Å². The van der Waals surface area contributed by atoms with Gasteiger partial charge in [-0.05, 0) is 32.8 Å². The minimum atomic E-state index is -0.629. The lowest BCUT2D eigenvalue weighted by Gasteiger charge is -2.15. The second-order valence-corrected chi connectivity index (χ2v) is 3.76. The maximum absolute atomic E-state index is 13.3. The van der Waals surface area contributed by atoms with Gasteiger partial charge in [0.1, 0.15) is 5.60 Å². The Hall–Kier alpha value is -0.830. The third-order valence-corrected chi connectivity index (χ3v) is 2.13. The molecule has 0 saturated heterocycles. The van der Waals surface area contributed by atoms with Crippen molar-refractivity contribution in [1.29, 1.82) is 0 Å². The molecule has 0 radical (unpaired) electrons. The number of hydrogen-bond acceptors (Lipinski definition) is 2. The number of allylic oxidation sites excluding steroid dienone is 1. The Kier molecular flexibility index (Phi) is 2.76. The summed E-state index contributed by atoms with van der Waals surface area (Å²) in [5.41, 5.74) is 5.21. The molecule has 0 aromatic rings. The van der Waals surface area contributed by atoms with Gasteiger partial charge in [0, 0.05) is 0 Å². The molecule has 0 spiro atoms. The van der Waals surface area contributed by atoms with E-state index in [0.717, 1.165) is 12.8 Å². The van der Waals surface area contributed by atoms with Crippen LogP contribution in [0, 0.1) is 0 Å². The lowest BCUT2D eigenvalue weighted by atomic mass is 10.2. The van der Waals surface area contributed by atoms with Crippen LogP contribution in [-0.2, 0) is 4.74 Å². The van der Waals surface area contributed by atoms with E-state index in [2.05, 4.69) is 6.58 Å². The first-order valence-corrected chi connectivity index (χ1v) is 4.45. The molecule has 0 bridgehead atoms. The van der Waals surface area contributed by atoms with Crippen molar-refractivity contribution in [2.75, 3.05) is 0 Å².